The van der Waals surface area contributed by atoms with Crippen LogP contribution in [0.25, 0.3) is 5.57 Å². The minimum absolute atomic E-state index is 0.140. The Labute approximate surface area is 79.1 Å². The lowest BCUT2D eigenvalue weighted by molar-refractivity contribution is -0.113. The number of carbonyl (C=O) groups excluding carboxylic acids is 1. The van der Waals surface area contributed by atoms with E-state index in [1.807, 2.05) is 44.2 Å². The van der Waals surface area contributed by atoms with Crippen molar-refractivity contribution in [3.63, 3.8) is 0 Å². The minimum atomic E-state index is 0.140. The molecule has 0 aliphatic rings. The predicted octanol–water partition coefficient (Wildman–Crippen LogP) is 3.07. The zero-order valence-corrected chi connectivity index (χ0v) is 8.29. The first-order valence-corrected chi connectivity index (χ1v) is 4.36. The van der Waals surface area contributed by atoms with Crippen molar-refractivity contribution in [3.05, 3.63) is 41.5 Å². The van der Waals surface area contributed by atoms with Crippen molar-refractivity contribution in [1.29, 1.82) is 0 Å². The maximum absolute atomic E-state index is 11.1. The average molecular weight is 174 g/mol. The fourth-order valence-corrected chi connectivity index (χ4v) is 1.17. The Bertz CT molecular complexity index is 333. The molecule has 1 nitrogen and oxygen atoms in total. The van der Waals surface area contributed by atoms with E-state index in [9.17, 15) is 4.79 Å². The Morgan fingerprint density at radius 2 is 1.54 bits per heavy atom. The SMILES string of the molecule is CC(=O)/C(C)=C(\C)c1ccccc1. The number of carbonyl (C=O) groups is 1. The fourth-order valence-electron chi connectivity index (χ4n) is 1.17. The van der Waals surface area contributed by atoms with Gasteiger partial charge in [-0.3, -0.25) is 4.79 Å². The summed E-state index contributed by atoms with van der Waals surface area (Å²) in [4.78, 5) is 11.1. The van der Waals surface area contributed by atoms with Gasteiger partial charge in [-0.2, -0.15) is 0 Å². The Hall–Kier alpha value is -1.37. The quantitative estimate of drug-likeness (QED) is 0.630. The number of hydrogen-bond acceptors (Lipinski definition) is 1. The first kappa shape index (κ1) is 9.72. The van der Waals surface area contributed by atoms with Crippen LogP contribution in [0.5, 0.6) is 0 Å². The second-order valence-electron chi connectivity index (χ2n) is 3.17. The van der Waals surface area contributed by atoms with Gasteiger partial charge in [-0.25, -0.2) is 0 Å². The Kier molecular flexibility index (Phi) is 3.02. The first-order valence-electron chi connectivity index (χ1n) is 4.36. The summed E-state index contributed by atoms with van der Waals surface area (Å²) in [5.74, 6) is 0.140. The van der Waals surface area contributed by atoms with Crippen LogP contribution in [0.15, 0.2) is 35.9 Å². The highest BCUT2D eigenvalue weighted by molar-refractivity contribution is 6.00. The topological polar surface area (TPSA) is 17.1 Å². The lowest BCUT2D eigenvalue weighted by Crippen LogP contribution is -1.95. The van der Waals surface area contributed by atoms with Crippen LogP contribution in [0.2, 0.25) is 0 Å². The molecular weight excluding hydrogens is 160 g/mol. The predicted molar refractivity (Wildman–Crippen MR) is 55.4 cm³/mol. The number of rotatable bonds is 2. The first-order chi connectivity index (χ1) is 6.13. The summed E-state index contributed by atoms with van der Waals surface area (Å²) in [6.07, 6.45) is 0. The standard InChI is InChI=1S/C12H14O/c1-9(11(3)13)10(2)12-7-5-4-6-8-12/h4-8H,1-3H3/b10-9+. The van der Waals surface area contributed by atoms with E-state index < -0.39 is 0 Å². The van der Waals surface area contributed by atoms with Gasteiger partial charge in [-0.05, 0) is 37.5 Å². The van der Waals surface area contributed by atoms with Crippen LogP contribution in [-0.4, -0.2) is 5.78 Å². The van der Waals surface area contributed by atoms with Gasteiger partial charge in [0.05, 0.1) is 0 Å². The molecule has 0 N–H and O–H groups in total. The van der Waals surface area contributed by atoms with Gasteiger partial charge in [0.15, 0.2) is 5.78 Å². The summed E-state index contributed by atoms with van der Waals surface area (Å²) in [5.41, 5.74) is 3.02. The number of benzene rings is 1. The molecule has 0 radical (unpaired) electrons. The maximum atomic E-state index is 11.1. The lowest BCUT2D eigenvalue weighted by Gasteiger charge is -2.04. The van der Waals surface area contributed by atoms with Gasteiger partial charge in [0, 0.05) is 0 Å². The molecular formula is C12H14O. The van der Waals surface area contributed by atoms with E-state index in [0.717, 1.165) is 16.7 Å². The van der Waals surface area contributed by atoms with Crippen LogP contribution in [0.4, 0.5) is 0 Å². The van der Waals surface area contributed by atoms with Crippen molar-refractivity contribution in [1.82, 2.24) is 0 Å². The van der Waals surface area contributed by atoms with E-state index in [0.29, 0.717) is 0 Å². The van der Waals surface area contributed by atoms with Crippen molar-refractivity contribution in [2.24, 2.45) is 0 Å². The molecule has 0 fully saturated rings. The van der Waals surface area contributed by atoms with Crippen molar-refractivity contribution >= 4 is 11.4 Å². The second-order valence-corrected chi connectivity index (χ2v) is 3.17. The third kappa shape index (κ3) is 2.28. The molecule has 0 aromatic heterocycles. The van der Waals surface area contributed by atoms with Gasteiger partial charge in [0.25, 0.3) is 0 Å². The number of allylic oxidation sites excluding steroid dienone is 2. The third-order valence-electron chi connectivity index (χ3n) is 2.30. The molecule has 0 spiro atoms. The summed E-state index contributed by atoms with van der Waals surface area (Å²) in [6, 6.07) is 9.96. The van der Waals surface area contributed by atoms with E-state index in [2.05, 4.69) is 0 Å². The average Bonchev–Trinajstić information content (AvgIpc) is 2.17. The van der Waals surface area contributed by atoms with Crippen LogP contribution >= 0.6 is 0 Å². The fraction of sp³-hybridized carbons (Fsp3) is 0.250. The minimum Gasteiger partial charge on any atom is -0.295 e. The summed E-state index contributed by atoms with van der Waals surface area (Å²) < 4.78 is 0. The summed E-state index contributed by atoms with van der Waals surface area (Å²) in [6.45, 7) is 5.44. The molecule has 1 aromatic carbocycles. The van der Waals surface area contributed by atoms with E-state index in [1.54, 1.807) is 6.92 Å². The van der Waals surface area contributed by atoms with Gasteiger partial charge in [0.2, 0.25) is 0 Å². The van der Waals surface area contributed by atoms with Gasteiger partial charge in [0.1, 0.15) is 0 Å². The van der Waals surface area contributed by atoms with Gasteiger partial charge in [-0.1, -0.05) is 30.3 Å². The van der Waals surface area contributed by atoms with Crippen molar-refractivity contribution in [2.45, 2.75) is 20.8 Å². The smallest absolute Gasteiger partial charge is 0.155 e. The molecule has 0 bridgehead atoms. The second kappa shape index (κ2) is 4.04. The molecule has 13 heavy (non-hydrogen) atoms. The molecule has 0 saturated carbocycles. The van der Waals surface area contributed by atoms with Crippen LogP contribution in [0.1, 0.15) is 26.3 Å². The Morgan fingerprint density at radius 3 is 2.00 bits per heavy atom. The normalized spacial score (nSPS) is 12.2. The largest absolute Gasteiger partial charge is 0.295 e. The maximum Gasteiger partial charge on any atom is 0.155 e. The summed E-state index contributed by atoms with van der Waals surface area (Å²) in [5, 5.41) is 0. The van der Waals surface area contributed by atoms with E-state index in [4.69, 9.17) is 0 Å². The van der Waals surface area contributed by atoms with Crippen LogP contribution in [-0.2, 0) is 4.79 Å². The van der Waals surface area contributed by atoms with Gasteiger partial charge in [-0.15, -0.1) is 0 Å². The molecule has 0 aliphatic heterocycles. The number of hydrogen-bond donors (Lipinski definition) is 0. The van der Waals surface area contributed by atoms with E-state index >= 15 is 0 Å². The van der Waals surface area contributed by atoms with Gasteiger partial charge >= 0.3 is 0 Å². The highest BCUT2D eigenvalue weighted by Gasteiger charge is 2.03. The molecule has 1 rings (SSSR count). The summed E-state index contributed by atoms with van der Waals surface area (Å²) >= 11 is 0. The molecule has 68 valence electrons. The van der Waals surface area contributed by atoms with Crippen molar-refractivity contribution in [3.8, 4) is 0 Å². The highest BCUT2D eigenvalue weighted by atomic mass is 16.1. The molecule has 1 aromatic rings. The number of Topliss-reactive ketones (excluding diaryl/α,β-unsaturated/α-hetero) is 1. The highest BCUT2D eigenvalue weighted by Crippen LogP contribution is 2.17. The lowest BCUT2D eigenvalue weighted by atomic mass is 10.0. The van der Waals surface area contributed by atoms with E-state index in [-0.39, 0.29) is 5.78 Å². The monoisotopic (exact) mass is 174 g/mol. The molecule has 0 heterocycles. The zero-order chi connectivity index (χ0) is 9.84. The van der Waals surface area contributed by atoms with Crippen LogP contribution in [0, 0.1) is 0 Å². The van der Waals surface area contributed by atoms with Crippen LogP contribution in [0.3, 0.4) is 0 Å². The van der Waals surface area contributed by atoms with Crippen molar-refractivity contribution < 1.29 is 4.79 Å². The molecule has 1 heteroatoms. The molecule has 0 amide bonds. The van der Waals surface area contributed by atoms with Crippen molar-refractivity contribution in [2.75, 3.05) is 0 Å². The Balaban J connectivity index is 3.11. The zero-order valence-electron chi connectivity index (χ0n) is 8.29. The Morgan fingerprint density at radius 1 is 1.00 bits per heavy atom. The molecule has 0 saturated heterocycles. The number of ketones is 1. The summed E-state index contributed by atoms with van der Waals surface area (Å²) in [7, 11) is 0. The third-order valence-corrected chi connectivity index (χ3v) is 2.30. The molecule has 0 unspecified atom stereocenters. The van der Waals surface area contributed by atoms with E-state index in [1.165, 1.54) is 0 Å². The molecule has 0 aliphatic carbocycles. The van der Waals surface area contributed by atoms with Crippen LogP contribution < -0.4 is 0 Å². The van der Waals surface area contributed by atoms with Gasteiger partial charge < -0.3 is 0 Å². The molecule has 0 atom stereocenters.